The standard InChI is InChI=1S/C9H12N2O/c1-12-8-2-5-11-6-7(8)9(10)3-4-9/h2,5-6H,3-4,10H2,1H3. The number of pyridine rings is 1. The van der Waals surface area contributed by atoms with Crippen molar-refractivity contribution >= 4 is 0 Å². The van der Waals surface area contributed by atoms with Crippen LogP contribution in [0.4, 0.5) is 0 Å². The summed E-state index contributed by atoms with van der Waals surface area (Å²) < 4.78 is 5.19. The van der Waals surface area contributed by atoms with Gasteiger partial charge in [-0.1, -0.05) is 0 Å². The van der Waals surface area contributed by atoms with Crippen LogP contribution in [0.5, 0.6) is 5.75 Å². The zero-order valence-electron chi connectivity index (χ0n) is 7.08. The Kier molecular flexibility index (Phi) is 1.54. The first-order chi connectivity index (χ1) is 5.76. The molecule has 64 valence electrons. The molecule has 0 bridgehead atoms. The minimum atomic E-state index is -0.153. The lowest BCUT2D eigenvalue weighted by atomic mass is 10.1. The third kappa shape index (κ3) is 1.06. The van der Waals surface area contributed by atoms with Gasteiger partial charge >= 0.3 is 0 Å². The fourth-order valence-electron chi connectivity index (χ4n) is 1.34. The molecule has 12 heavy (non-hydrogen) atoms. The average molecular weight is 164 g/mol. The van der Waals surface area contributed by atoms with E-state index < -0.39 is 0 Å². The van der Waals surface area contributed by atoms with Crippen LogP contribution in [0.1, 0.15) is 18.4 Å². The van der Waals surface area contributed by atoms with Crippen LogP contribution in [0.3, 0.4) is 0 Å². The molecular weight excluding hydrogens is 152 g/mol. The van der Waals surface area contributed by atoms with Crippen LogP contribution in [-0.2, 0) is 5.54 Å². The summed E-state index contributed by atoms with van der Waals surface area (Å²) in [6.07, 6.45) is 5.59. The average Bonchev–Trinajstić information content (AvgIpc) is 2.85. The molecule has 2 N–H and O–H groups in total. The highest BCUT2D eigenvalue weighted by molar-refractivity contribution is 5.39. The fraction of sp³-hybridized carbons (Fsp3) is 0.444. The second-order valence-electron chi connectivity index (χ2n) is 3.23. The number of nitrogens with two attached hydrogens (primary N) is 1. The predicted molar refractivity (Wildman–Crippen MR) is 45.9 cm³/mol. The van der Waals surface area contributed by atoms with E-state index in [4.69, 9.17) is 10.5 Å². The van der Waals surface area contributed by atoms with E-state index in [1.807, 2.05) is 6.07 Å². The minimum absolute atomic E-state index is 0.153. The fourth-order valence-corrected chi connectivity index (χ4v) is 1.34. The maximum absolute atomic E-state index is 6.02. The van der Waals surface area contributed by atoms with Gasteiger partial charge in [-0.2, -0.15) is 0 Å². The zero-order chi connectivity index (χ0) is 8.60. The summed E-state index contributed by atoms with van der Waals surface area (Å²) >= 11 is 0. The summed E-state index contributed by atoms with van der Waals surface area (Å²) in [5.41, 5.74) is 6.91. The molecule has 1 aliphatic rings. The molecule has 2 rings (SSSR count). The second kappa shape index (κ2) is 2.45. The van der Waals surface area contributed by atoms with Gasteiger partial charge in [-0.3, -0.25) is 4.98 Å². The topological polar surface area (TPSA) is 48.1 Å². The van der Waals surface area contributed by atoms with Crippen molar-refractivity contribution in [3.05, 3.63) is 24.0 Å². The Bertz CT molecular complexity index is 294. The Balaban J connectivity index is 2.42. The highest BCUT2D eigenvalue weighted by Crippen LogP contribution is 2.45. The van der Waals surface area contributed by atoms with Crippen molar-refractivity contribution < 1.29 is 4.74 Å². The number of ether oxygens (including phenoxy) is 1. The van der Waals surface area contributed by atoms with Crippen molar-refractivity contribution in [3.8, 4) is 5.75 Å². The van der Waals surface area contributed by atoms with Gasteiger partial charge in [0.1, 0.15) is 5.75 Å². The van der Waals surface area contributed by atoms with Gasteiger partial charge in [0, 0.05) is 23.5 Å². The van der Waals surface area contributed by atoms with Crippen LogP contribution < -0.4 is 10.5 Å². The van der Waals surface area contributed by atoms with E-state index in [1.54, 1.807) is 19.5 Å². The summed E-state index contributed by atoms with van der Waals surface area (Å²) in [4.78, 5) is 4.04. The van der Waals surface area contributed by atoms with Gasteiger partial charge in [0.15, 0.2) is 0 Å². The molecule has 3 heteroatoms. The van der Waals surface area contributed by atoms with E-state index in [1.165, 1.54) is 0 Å². The first kappa shape index (κ1) is 7.55. The number of hydrogen-bond acceptors (Lipinski definition) is 3. The molecule has 0 radical (unpaired) electrons. The first-order valence-corrected chi connectivity index (χ1v) is 4.04. The molecule has 1 aromatic rings. The van der Waals surface area contributed by atoms with Gasteiger partial charge in [0.05, 0.1) is 7.11 Å². The number of aromatic nitrogens is 1. The normalized spacial score (nSPS) is 18.8. The Morgan fingerprint density at radius 3 is 2.92 bits per heavy atom. The molecule has 0 atom stereocenters. The third-order valence-electron chi connectivity index (χ3n) is 2.33. The number of rotatable bonds is 2. The van der Waals surface area contributed by atoms with Crippen molar-refractivity contribution in [1.29, 1.82) is 0 Å². The Hall–Kier alpha value is -1.09. The van der Waals surface area contributed by atoms with Gasteiger partial charge in [-0.05, 0) is 18.9 Å². The van der Waals surface area contributed by atoms with Gasteiger partial charge in [0.2, 0.25) is 0 Å². The molecule has 0 amide bonds. The van der Waals surface area contributed by atoms with E-state index in [0.29, 0.717) is 0 Å². The number of methoxy groups -OCH3 is 1. The highest BCUT2D eigenvalue weighted by atomic mass is 16.5. The number of nitrogens with zero attached hydrogens (tertiary/aromatic N) is 1. The maximum Gasteiger partial charge on any atom is 0.126 e. The summed E-state index contributed by atoms with van der Waals surface area (Å²) in [5.74, 6) is 0.852. The third-order valence-corrected chi connectivity index (χ3v) is 2.33. The Morgan fingerprint density at radius 1 is 1.58 bits per heavy atom. The molecule has 1 aliphatic carbocycles. The summed E-state index contributed by atoms with van der Waals surface area (Å²) in [5, 5.41) is 0. The lowest BCUT2D eigenvalue weighted by Crippen LogP contribution is -2.19. The predicted octanol–water partition coefficient (Wildman–Crippen LogP) is 1.04. The van der Waals surface area contributed by atoms with Crippen molar-refractivity contribution in [2.75, 3.05) is 7.11 Å². The van der Waals surface area contributed by atoms with Crippen LogP contribution in [0.2, 0.25) is 0 Å². The first-order valence-electron chi connectivity index (χ1n) is 4.04. The SMILES string of the molecule is COc1ccncc1C1(N)CC1. The number of hydrogen-bond donors (Lipinski definition) is 1. The van der Waals surface area contributed by atoms with Crippen molar-refractivity contribution in [2.24, 2.45) is 5.73 Å². The molecule has 3 nitrogen and oxygen atoms in total. The minimum Gasteiger partial charge on any atom is -0.496 e. The second-order valence-corrected chi connectivity index (χ2v) is 3.23. The van der Waals surface area contributed by atoms with Crippen LogP contribution in [0.15, 0.2) is 18.5 Å². The molecule has 1 saturated carbocycles. The molecule has 1 heterocycles. The van der Waals surface area contributed by atoms with E-state index in [-0.39, 0.29) is 5.54 Å². The molecular formula is C9H12N2O. The van der Waals surface area contributed by atoms with E-state index in [0.717, 1.165) is 24.2 Å². The van der Waals surface area contributed by atoms with Crippen molar-refractivity contribution in [3.63, 3.8) is 0 Å². The molecule has 0 spiro atoms. The van der Waals surface area contributed by atoms with Crippen molar-refractivity contribution in [1.82, 2.24) is 4.98 Å². The van der Waals surface area contributed by atoms with Crippen molar-refractivity contribution in [2.45, 2.75) is 18.4 Å². The maximum atomic E-state index is 6.02. The lowest BCUT2D eigenvalue weighted by molar-refractivity contribution is 0.403. The van der Waals surface area contributed by atoms with E-state index >= 15 is 0 Å². The quantitative estimate of drug-likeness (QED) is 0.710. The molecule has 0 aliphatic heterocycles. The Labute approximate surface area is 71.6 Å². The largest absolute Gasteiger partial charge is 0.496 e. The molecule has 1 aromatic heterocycles. The summed E-state index contributed by atoms with van der Waals surface area (Å²) in [6, 6.07) is 1.85. The van der Waals surface area contributed by atoms with Gasteiger partial charge < -0.3 is 10.5 Å². The molecule has 0 aromatic carbocycles. The smallest absolute Gasteiger partial charge is 0.126 e. The van der Waals surface area contributed by atoms with E-state index in [9.17, 15) is 0 Å². The summed E-state index contributed by atoms with van der Waals surface area (Å²) in [6.45, 7) is 0. The van der Waals surface area contributed by atoms with E-state index in [2.05, 4.69) is 4.98 Å². The van der Waals surface area contributed by atoms with Crippen LogP contribution in [-0.4, -0.2) is 12.1 Å². The Morgan fingerprint density at radius 2 is 2.33 bits per heavy atom. The summed E-state index contributed by atoms with van der Waals surface area (Å²) in [7, 11) is 1.66. The highest BCUT2D eigenvalue weighted by Gasteiger charge is 2.42. The lowest BCUT2D eigenvalue weighted by Gasteiger charge is -2.12. The van der Waals surface area contributed by atoms with Gasteiger partial charge in [-0.25, -0.2) is 0 Å². The van der Waals surface area contributed by atoms with Gasteiger partial charge in [0.25, 0.3) is 0 Å². The van der Waals surface area contributed by atoms with Crippen LogP contribution in [0.25, 0.3) is 0 Å². The zero-order valence-corrected chi connectivity index (χ0v) is 7.08. The van der Waals surface area contributed by atoms with Crippen LogP contribution >= 0.6 is 0 Å². The molecule has 0 unspecified atom stereocenters. The molecule has 0 saturated heterocycles. The molecule has 1 fully saturated rings. The van der Waals surface area contributed by atoms with Gasteiger partial charge in [-0.15, -0.1) is 0 Å². The monoisotopic (exact) mass is 164 g/mol. The van der Waals surface area contributed by atoms with Crippen LogP contribution in [0, 0.1) is 0 Å².